The topological polar surface area (TPSA) is 47.6 Å². The number of esters is 1. The Morgan fingerprint density at radius 1 is 1.73 bits per heavy atom. The van der Waals surface area contributed by atoms with Crippen LogP contribution < -0.4 is 5.32 Å². The highest BCUT2D eigenvalue weighted by molar-refractivity contribution is 5.70. The van der Waals surface area contributed by atoms with Crippen LogP contribution in [-0.4, -0.2) is 38.9 Å². The van der Waals surface area contributed by atoms with E-state index >= 15 is 0 Å². The van der Waals surface area contributed by atoms with E-state index in [1.165, 1.54) is 7.11 Å². The van der Waals surface area contributed by atoms with Gasteiger partial charge in [-0.1, -0.05) is 0 Å². The second kappa shape index (κ2) is 4.31. The van der Waals surface area contributed by atoms with Gasteiger partial charge in [0.15, 0.2) is 0 Å². The monoisotopic (exact) mass is 159 g/mol. The van der Waals surface area contributed by atoms with Crippen LogP contribution in [0.15, 0.2) is 0 Å². The molecule has 0 aliphatic carbocycles. The first-order chi connectivity index (χ1) is 5.33. The van der Waals surface area contributed by atoms with Crippen LogP contribution in [0.25, 0.3) is 0 Å². The number of methoxy groups -OCH3 is 1. The quantitative estimate of drug-likeness (QED) is 0.566. The van der Waals surface area contributed by atoms with Gasteiger partial charge in [-0.15, -0.1) is 0 Å². The third-order valence-corrected chi connectivity index (χ3v) is 1.58. The molecule has 0 aromatic heterocycles. The SMILES string of the molecule is COCC(=O)OC1CCNC1. The Hall–Kier alpha value is -0.610. The van der Waals surface area contributed by atoms with E-state index < -0.39 is 0 Å². The van der Waals surface area contributed by atoms with Gasteiger partial charge in [0.25, 0.3) is 0 Å². The van der Waals surface area contributed by atoms with E-state index in [2.05, 4.69) is 10.1 Å². The molecule has 0 radical (unpaired) electrons. The Morgan fingerprint density at radius 3 is 3.09 bits per heavy atom. The minimum absolute atomic E-state index is 0.0521. The van der Waals surface area contributed by atoms with Crippen molar-refractivity contribution in [2.75, 3.05) is 26.8 Å². The summed E-state index contributed by atoms with van der Waals surface area (Å²) in [5.74, 6) is -0.277. The Bertz CT molecular complexity index is 132. The molecule has 0 bridgehead atoms. The first kappa shape index (κ1) is 8.49. The molecule has 0 spiro atoms. The van der Waals surface area contributed by atoms with Gasteiger partial charge in [-0.05, 0) is 13.0 Å². The molecule has 0 saturated carbocycles. The number of nitrogens with one attached hydrogen (secondary N) is 1. The molecule has 1 aliphatic heterocycles. The molecule has 1 atom stereocenters. The highest BCUT2D eigenvalue weighted by atomic mass is 16.6. The lowest BCUT2D eigenvalue weighted by Gasteiger charge is -2.09. The maximum Gasteiger partial charge on any atom is 0.332 e. The summed E-state index contributed by atoms with van der Waals surface area (Å²) in [7, 11) is 1.48. The summed E-state index contributed by atoms with van der Waals surface area (Å²) in [6.07, 6.45) is 0.966. The number of rotatable bonds is 3. The molecule has 1 N–H and O–H groups in total. The van der Waals surface area contributed by atoms with E-state index in [1.807, 2.05) is 0 Å². The molecule has 1 saturated heterocycles. The summed E-state index contributed by atoms with van der Waals surface area (Å²) in [6.45, 7) is 1.76. The molecule has 1 rings (SSSR count). The van der Waals surface area contributed by atoms with Gasteiger partial charge in [0.1, 0.15) is 12.7 Å². The molecule has 4 nitrogen and oxygen atoms in total. The highest BCUT2D eigenvalue weighted by Gasteiger charge is 2.17. The molecular formula is C7H13NO3. The highest BCUT2D eigenvalue weighted by Crippen LogP contribution is 2.02. The lowest BCUT2D eigenvalue weighted by atomic mass is 10.3. The fraction of sp³-hybridized carbons (Fsp3) is 0.857. The molecule has 1 heterocycles. The van der Waals surface area contributed by atoms with Crippen molar-refractivity contribution in [2.24, 2.45) is 0 Å². The largest absolute Gasteiger partial charge is 0.459 e. The Morgan fingerprint density at radius 2 is 2.55 bits per heavy atom. The van der Waals surface area contributed by atoms with Crippen molar-refractivity contribution in [2.45, 2.75) is 12.5 Å². The predicted octanol–water partition coefficient (Wildman–Crippen LogP) is -0.462. The van der Waals surface area contributed by atoms with Crippen LogP contribution in [0.4, 0.5) is 0 Å². The van der Waals surface area contributed by atoms with E-state index in [4.69, 9.17) is 4.74 Å². The molecule has 64 valence electrons. The molecule has 1 unspecified atom stereocenters. The molecule has 0 aromatic carbocycles. The van der Waals surface area contributed by atoms with Gasteiger partial charge in [0, 0.05) is 13.7 Å². The van der Waals surface area contributed by atoms with Crippen molar-refractivity contribution in [3.8, 4) is 0 Å². The van der Waals surface area contributed by atoms with Crippen LogP contribution in [0.2, 0.25) is 0 Å². The molecule has 4 heteroatoms. The van der Waals surface area contributed by atoms with Gasteiger partial charge in [-0.2, -0.15) is 0 Å². The van der Waals surface area contributed by atoms with Crippen molar-refractivity contribution in [3.63, 3.8) is 0 Å². The third kappa shape index (κ3) is 2.86. The predicted molar refractivity (Wildman–Crippen MR) is 39.2 cm³/mol. The van der Waals surface area contributed by atoms with Crippen molar-refractivity contribution in [3.05, 3.63) is 0 Å². The Labute approximate surface area is 65.9 Å². The second-order valence-corrected chi connectivity index (χ2v) is 2.54. The first-order valence-electron chi connectivity index (χ1n) is 3.72. The third-order valence-electron chi connectivity index (χ3n) is 1.58. The second-order valence-electron chi connectivity index (χ2n) is 2.54. The van der Waals surface area contributed by atoms with Gasteiger partial charge in [-0.3, -0.25) is 0 Å². The molecule has 0 amide bonds. The van der Waals surface area contributed by atoms with E-state index in [9.17, 15) is 4.79 Å². The van der Waals surface area contributed by atoms with Crippen LogP contribution in [0, 0.1) is 0 Å². The summed E-state index contributed by atoms with van der Waals surface area (Å²) < 4.78 is 9.64. The number of carbonyl (C=O) groups excluding carboxylic acids is 1. The van der Waals surface area contributed by atoms with E-state index in [0.717, 1.165) is 19.5 Å². The van der Waals surface area contributed by atoms with Gasteiger partial charge in [0.2, 0.25) is 0 Å². The standard InChI is InChI=1S/C7H13NO3/c1-10-5-7(9)11-6-2-3-8-4-6/h6,8H,2-5H2,1H3. The van der Waals surface area contributed by atoms with Gasteiger partial charge < -0.3 is 14.8 Å². The Balaban J connectivity index is 2.13. The molecular weight excluding hydrogens is 146 g/mol. The summed E-state index contributed by atoms with van der Waals surface area (Å²) in [5, 5.41) is 3.10. The van der Waals surface area contributed by atoms with Gasteiger partial charge >= 0.3 is 5.97 Å². The molecule has 11 heavy (non-hydrogen) atoms. The van der Waals surface area contributed by atoms with E-state index in [1.54, 1.807) is 0 Å². The average molecular weight is 159 g/mol. The summed E-state index contributed by atoms with van der Waals surface area (Å²) in [6, 6.07) is 0. The normalized spacial score (nSPS) is 23.5. The van der Waals surface area contributed by atoms with Crippen LogP contribution in [0.1, 0.15) is 6.42 Å². The zero-order valence-electron chi connectivity index (χ0n) is 6.63. The molecule has 1 fully saturated rings. The molecule has 0 aromatic rings. The first-order valence-corrected chi connectivity index (χ1v) is 3.72. The zero-order valence-corrected chi connectivity index (χ0v) is 6.63. The van der Waals surface area contributed by atoms with Crippen molar-refractivity contribution in [1.82, 2.24) is 5.32 Å². The Kier molecular flexibility index (Phi) is 3.32. The van der Waals surface area contributed by atoms with Crippen molar-refractivity contribution in [1.29, 1.82) is 0 Å². The average Bonchev–Trinajstić information content (AvgIpc) is 2.40. The summed E-state index contributed by atoms with van der Waals surface area (Å²) >= 11 is 0. The summed E-state index contributed by atoms with van der Waals surface area (Å²) in [4.78, 5) is 10.8. The number of ether oxygens (including phenoxy) is 2. The summed E-state index contributed by atoms with van der Waals surface area (Å²) in [5.41, 5.74) is 0. The zero-order chi connectivity index (χ0) is 8.10. The minimum atomic E-state index is -0.277. The minimum Gasteiger partial charge on any atom is -0.459 e. The van der Waals surface area contributed by atoms with Gasteiger partial charge in [0.05, 0.1) is 0 Å². The fourth-order valence-electron chi connectivity index (χ4n) is 1.07. The number of hydrogen-bond acceptors (Lipinski definition) is 4. The van der Waals surface area contributed by atoms with Crippen molar-refractivity contribution < 1.29 is 14.3 Å². The molecule has 1 aliphatic rings. The van der Waals surface area contributed by atoms with Crippen LogP contribution in [0.3, 0.4) is 0 Å². The lowest BCUT2D eigenvalue weighted by Crippen LogP contribution is -2.23. The van der Waals surface area contributed by atoms with Crippen LogP contribution >= 0.6 is 0 Å². The number of carbonyl (C=O) groups is 1. The van der Waals surface area contributed by atoms with E-state index in [0.29, 0.717) is 0 Å². The number of hydrogen-bond donors (Lipinski definition) is 1. The fourth-order valence-corrected chi connectivity index (χ4v) is 1.07. The smallest absolute Gasteiger partial charge is 0.332 e. The van der Waals surface area contributed by atoms with Crippen LogP contribution in [-0.2, 0) is 14.3 Å². The van der Waals surface area contributed by atoms with E-state index in [-0.39, 0.29) is 18.7 Å². The van der Waals surface area contributed by atoms with Crippen molar-refractivity contribution >= 4 is 5.97 Å². The maximum absolute atomic E-state index is 10.8. The van der Waals surface area contributed by atoms with Crippen LogP contribution in [0.5, 0.6) is 0 Å². The lowest BCUT2D eigenvalue weighted by molar-refractivity contribution is -0.152. The maximum atomic E-state index is 10.8. The van der Waals surface area contributed by atoms with Gasteiger partial charge in [-0.25, -0.2) is 4.79 Å².